The summed E-state index contributed by atoms with van der Waals surface area (Å²) in [6.45, 7) is 22.8. The molecule has 0 radical (unpaired) electrons. The molecule has 0 atom stereocenters. The first-order valence-corrected chi connectivity index (χ1v) is 13.6. The topological polar surface area (TPSA) is 24.1 Å². The van der Waals surface area contributed by atoms with Gasteiger partial charge in [0.25, 0.3) is 0 Å². The maximum atomic E-state index is 3.99. The third-order valence-corrected chi connectivity index (χ3v) is 5.45. The van der Waals surface area contributed by atoms with Crippen molar-refractivity contribution in [3.63, 3.8) is 0 Å². The van der Waals surface area contributed by atoms with E-state index >= 15 is 0 Å². The Morgan fingerprint density at radius 1 is 0.944 bits per heavy atom. The number of benzene rings is 2. The Kier molecular flexibility index (Phi) is 19.5. The van der Waals surface area contributed by atoms with Crippen molar-refractivity contribution in [2.24, 2.45) is 5.92 Å². The Morgan fingerprint density at radius 3 is 1.94 bits per heavy atom. The van der Waals surface area contributed by atoms with Crippen LogP contribution < -0.4 is 10.6 Å². The molecule has 2 aromatic carbocycles. The van der Waals surface area contributed by atoms with E-state index in [1.165, 1.54) is 48.0 Å². The highest BCUT2D eigenvalue weighted by Crippen LogP contribution is 2.23. The van der Waals surface area contributed by atoms with Crippen molar-refractivity contribution < 1.29 is 0 Å². The van der Waals surface area contributed by atoms with Gasteiger partial charge in [-0.15, -0.1) is 6.58 Å². The fourth-order valence-corrected chi connectivity index (χ4v) is 3.53. The van der Waals surface area contributed by atoms with Crippen LogP contribution in [0.1, 0.15) is 85.3 Å². The van der Waals surface area contributed by atoms with Gasteiger partial charge in [0.15, 0.2) is 0 Å². The maximum Gasteiger partial charge on any atom is 0.0959 e. The van der Waals surface area contributed by atoms with Gasteiger partial charge < -0.3 is 10.6 Å². The molecule has 2 aromatic rings. The Hall–Kier alpha value is -3.00. The molecule has 0 heterocycles. The predicted octanol–water partition coefficient (Wildman–Crippen LogP) is 10.2. The van der Waals surface area contributed by atoms with E-state index < -0.39 is 0 Å². The highest BCUT2D eigenvalue weighted by atomic mass is 15.1. The molecular formula is C34H52N2. The molecule has 1 fully saturated rings. The molecule has 2 heteroatoms. The summed E-state index contributed by atoms with van der Waals surface area (Å²) in [6.07, 6.45) is 13.4. The molecule has 198 valence electrons. The minimum Gasteiger partial charge on any atom is -0.369 e. The molecule has 2 nitrogen and oxygen atoms in total. The first-order valence-electron chi connectivity index (χ1n) is 13.6. The number of hydrogen-bond acceptors (Lipinski definition) is 2. The largest absolute Gasteiger partial charge is 0.369 e. The third kappa shape index (κ3) is 16.6. The number of anilines is 1. The SMILES string of the molecule is C=C(C)C.C=C(NC/C=C\C(=C/C)c1ccc(CC)cc1)Nc1ccccc1.CC.CC1CCCC1. The van der Waals surface area contributed by atoms with Gasteiger partial charge in [-0.25, -0.2) is 0 Å². The van der Waals surface area contributed by atoms with Crippen LogP contribution in [-0.4, -0.2) is 6.54 Å². The first-order chi connectivity index (χ1) is 17.3. The van der Waals surface area contributed by atoms with Crippen LogP contribution in [0.3, 0.4) is 0 Å². The van der Waals surface area contributed by atoms with Crippen LogP contribution in [0.15, 0.2) is 97.4 Å². The lowest BCUT2D eigenvalue weighted by atomic mass is 10.0. The standard InChI is InChI=1S/C22H26N2.C6H12.C4H8.C2H6/c1-4-19-13-15-21(16-14-19)20(5-2)10-9-17-23-18(3)24-22-11-7-6-8-12-22;1-6-4-2-3-5-6;1-4(2)3;1-2/h5-16,23-24H,3-4,17H2,1-2H3;6H,2-5H2,1H3;1H2,2-3H3;1-2H3/b10-9-,20-5+;;;. The number of aryl methyl sites for hydroxylation is 1. The van der Waals surface area contributed by atoms with Gasteiger partial charge in [-0.05, 0) is 61.9 Å². The highest BCUT2D eigenvalue weighted by Gasteiger charge is 2.07. The molecule has 0 amide bonds. The van der Waals surface area contributed by atoms with E-state index in [2.05, 4.69) is 87.1 Å². The fraction of sp³-hybridized carbons (Fsp3) is 0.412. The zero-order valence-electron chi connectivity index (χ0n) is 24.2. The molecule has 0 bridgehead atoms. The summed E-state index contributed by atoms with van der Waals surface area (Å²) in [7, 11) is 0. The molecule has 1 aliphatic rings. The summed E-state index contributed by atoms with van der Waals surface area (Å²) < 4.78 is 0. The van der Waals surface area contributed by atoms with Gasteiger partial charge in [-0.1, -0.05) is 126 Å². The average molecular weight is 489 g/mol. The van der Waals surface area contributed by atoms with Crippen LogP contribution in [0.5, 0.6) is 0 Å². The molecule has 36 heavy (non-hydrogen) atoms. The number of nitrogens with one attached hydrogen (secondary N) is 2. The molecule has 1 saturated carbocycles. The molecule has 3 rings (SSSR count). The summed E-state index contributed by atoms with van der Waals surface area (Å²) in [5.41, 5.74) is 6.03. The summed E-state index contributed by atoms with van der Waals surface area (Å²) in [5.74, 6) is 1.84. The van der Waals surface area contributed by atoms with Crippen LogP contribution in [0, 0.1) is 5.92 Å². The zero-order valence-corrected chi connectivity index (χ0v) is 24.2. The normalized spacial score (nSPS) is 12.8. The smallest absolute Gasteiger partial charge is 0.0959 e. The Bertz CT molecular complexity index is 879. The van der Waals surface area contributed by atoms with Crippen molar-refractivity contribution in [2.75, 3.05) is 11.9 Å². The minimum atomic E-state index is 0.725. The summed E-state index contributed by atoms with van der Waals surface area (Å²) in [4.78, 5) is 0. The number of allylic oxidation sites excluding steroid dienone is 4. The van der Waals surface area contributed by atoms with Crippen molar-refractivity contribution in [3.8, 4) is 0 Å². The van der Waals surface area contributed by atoms with Crippen LogP contribution in [0.4, 0.5) is 5.69 Å². The lowest BCUT2D eigenvalue weighted by molar-refractivity contribution is 0.612. The van der Waals surface area contributed by atoms with Crippen molar-refractivity contribution in [3.05, 3.63) is 109 Å². The van der Waals surface area contributed by atoms with E-state index in [9.17, 15) is 0 Å². The number of hydrogen-bond donors (Lipinski definition) is 2. The van der Waals surface area contributed by atoms with Crippen molar-refractivity contribution in [1.29, 1.82) is 0 Å². The molecule has 0 unspecified atom stereocenters. The van der Waals surface area contributed by atoms with Gasteiger partial charge in [0, 0.05) is 12.2 Å². The Balaban J connectivity index is 0.000000842. The van der Waals surface area contributed by atoms with Crippen LogP contribution in [-0.2, 0) is 6.42 Å². The molecule has 2 N–H and O–H groups in total. The molecule has 0 aliphatic heterocycles. The zero-order chi connectivity index (χ0) is 27.2. The second-order valence-corrected chi connectivity index (χ2v) is 9.14. The second-order valence-electron chi connectivity index (χ2n) is 9.14. The molecule has 0 saturated heterocycles. The molecule has 0 aromatic heterocycles. The Labute approximate surface area is 223 Å². The van der Waals surface area contributed by atoms with Gasteiger partial charge in [-0.3, -0.25) is 0 Å². The average Bonchev–Trinajstić information content (AvgIpc) is 3.37. The second kappa shape index (κ2) is 21.3. The number of para-hydroxylation sites is 1. The highest BCUT2D eigenvalue weighted by molar-refractivity contribution is 5.73. The van der Waals surface area contributed by atoms with Gasteiger partial charge in [0.1, 0.15) is 0 Å². The van der Waals surface area contributed by atoms with Crippen molar-refractivity contribution >= 4 is 11.3 Å². The monoisotopic (exact) mass is 488 g/mol. The summed E-state index contributed by atoms with van der Waals surface area (Å²) in [6, 6.07) is 18.8. The maximum absolute atomic E-state index is 3.99. The first kappa shape index (κ1) is 33.0. The summed E-state index contributed by atoms with van der Waals surface area (Å²) >= 11 is 0. The molecule has 0 spiro atoms. The van der Waals surface area contributed by atoms with E-state index in [-0.39, 0.29) is 0 Å². The van der Waals surface area contributed by atoms with Gasteiger partial charge >= 0.3 is 0 Å². The van der Waals surface area contributed by atoms with E-state index in [0.717, 1.165) is 30.4 Å². The summed E-state index contributed by atoms with van der Waals surface area (Å²) in [5, 5.41) is 6.49. The Morgan fingerprint density at radius 2 is 1.50 bits per heavy atom. The predicted molar refractivity (Wildman–Crippen MR) is 165 cm³/mol. The van der Waals surface area contributed by atoms with E-state index in [4.69, 9.17) is 0 Å². The van der Waals surface area contributed by atoms with E-state index in [1.54, 1.807) is 0 Å². The van der Waals surface area contributed by atoms with Crippen molar-refractivity contribution in [1.82, 2.24) is 5.32 Å². The van der Waals surface area contributed by atoms with Crippen LogP contribution in [0.2, 0.25) is 0 Å². The van der Waals surface area contributed by atoms with Gasteiger partial charge in [0.2, 0.25) is 0 Å². The molecule has 1 aliphatic carbocycles. The molecular weight excluding hydrogens is 436 g/mol. The minimum absolute atomic E-state index is 0.725. The quantitative estimate of drug-likeness (QED) is 0.285. The van der Waals surface area contributed by atoms with Crippen LogP contribution in [0.25, 0.3) is 5.57 Å². The fourth-order valence-electron chi connectivity index (χ4n) is 3.53. The third-order valence-electron chi connectivity index (χ3n) is 5.45. The van der Waals surface area contributed by atoms with E-state index in [1.807, 2.05) is 58.0 Å². The van der Waals surface area contributed by atoms with Gasteiger partial charge in [-0.2, -0.15) is 0 Å². The van der Waals surface area contributed by atoms with Crippen molar-refractivity contribution in [2.45, 2.75) is 80.6 Å². The van der Waals surface area contributed by atoms with Crippen LogP contribution >= 0.6 is 0 Å². The lowest BCUT2D eigenvalue weighted by Gasteiger charge is -2.10. The van der Waals surface area contributed by atoms with E-state index in [0.29, 0.717) is 0 Å². The lowest BCUT2D eigenvalue weighted by Crippen LogP contribution is -2.18. The van der Waals surface area contributed by atoms with Gasteiger partial charge in [0.05, 0.1) is 5.82 Å². The number of rotatable bonds is 8.